The molecule has 0 aliphatic carbocycles. The number of aryl methyl sites for hydroxylation is 1. The van der Waals surface area contributed by atoms with E-state index in [0.717, 1.165) is 9.88 Å². The van der Waals surface area contributed by atoms with Crippen molar-refractivity contribution in [3.05, 3.63) is 52.4 Å². The SMILES string of the molecule is C=C(CC(c1cncc(OS(=C)(=O)C(C)(F)F)c1)c1ncc(C)s1)OCC. The first-order chi connectivity index (χ1) is 12.5. The highest BCUT2D eigenvalue weighted by molar-refractivity contribution is 7.97. The first-order valence-corrected chi connectivity index (χ1v) is 10.6. The van der Waals surface area contributed by atoms with Crippen LogP contribution in [0.5, 0.6) is 5.75 Å². The van der Waals surface area contributed by atoms with E-state index in [-0.39, 0.29) is 11.7 Å². The van der Waals surface area contributed by atoms with Crippen molar-refractivity contribution in [2.45, 2.75) is 38.4 Å². The third kappa shape index (κ3) is 5.49. The lowest BCUT2D eigenvalue weighted by Gasteiger charge is -2.19. The van der Waals surface area contributed by atoms with Crippen LogP contribution in [0.25, 0.3) is 0 Å². The molecule has 9 heteroatoms. The van der Waals surface area contributed by atoms with Gasteiger partial charge in [-0.25, -0.2) is 9.19 Å². The highest BCUT2D eigenvalue weighted by atomic mass is 32.2. The maximum Gasteiger partial charge on any atom is 0.342 e. The van der Waals surface area contributed by atoms with E-state index in [0.29, 0.717) is 31.3 Å². The maximum atomic E-state index is 13.4. The smallest absolute Gasteiger partial charge is 0.342 e. The Balaban J connectivity index is 2.37. The average molecular weight is 417 g/mol. The molecule has 27 heavy (non-hydrogen) atoms. The van der Waals surface area contributed by atoms with Crippen molar-refractivity contribution in [1.82, 2.24) is 9.97 Å². The predicted octanol–water partition coefficient (Wildman–Crippen LogP) is 4.54. The Morgan fingerprint density at radius 3 is 2.67 bits per heavy atom. The molecule has 0 fully saturated rings. The second kappa shape index (κ2) is 8.35. The zero-order valence-electron chi connectivity index (χ0n) is 15.4. The fourth-order valence-corrected chi connectivity index (χ4v) is 3.72. The van der Waals surface area contributed by atoms with Gasteiger partial charge in [-0.05, 0) is 31.3 Å². The summed E-state index contributed by atoms with van der Waals surface area (Å²) in [6.07, 6.45) is 5.00. The van der Waals surface area contributed by atoms with Crippen LogP contribution in [0, 0.1) is 6.92 Å². The van der Waals surface area contributed by atoms with Crippen molar-refractivity contribution in [2.24, 2.45) is 0 Å². The van der Waals surface area contributed by atoms with E-state index in [9.17, 15) is 13.0 Å². The summed E-state index contributed by atoms with van der Waals surface area (Å²) in [4.78, 5) is 9.49. The number of hydrogen-bond acceptors (Lipinski definition) is 6. The standard InChI is InChI=1S/C18H22F2N2O3S2/c1-6-24-12(2)7-16(17-22-9-13(3)26-17)14-8-15(11-21-10-14)25-27(5,23)18(4,19)20/h8-11,16H,2,5-7H2,1,3-4H3. The maximum absolute atomic E-state index is 13.4. The van der Waals surface area contributed by atoms with Crippen molar-refractivity contribution in [2.75, 3.05) is 6.61 Å². The Morgan fingerprint density at radius 2 is 2.11 bits per heavy atom. The van der Waals surface area contributed by atoms with Crippen LogP contribution in [0.1, 0.15) is 41.6 Å². The van der Waals surface area contributed by atoms with Gasteiger partial charge in [-0.1, -0.05) is 6.58 Å². The van der Waals surface area contributed by atoms with Crippen LogP contribution in [-0.4, -0.2) is 31.9 Å². The number of allylic oxidation sites excluding steroid dienone is 1. The van der Waals surface area contributed by atoms with E-state index in [1.165, 1.54) is 23.6 Å². The largest absolute Gasteiger partial charge is 0.499 e. The van der Waals surface area contributed by atoms with Crippen LogP contribution in [0.2, 0.25) is 0 Å². The summed E-state index contributed by atoms with van der Waals surface area (Å²) < 4.78 is 49.4. The first kappa shape index (κ1) is 21.3. The Labute approximate surface area is 162 Å². The molecule has 2 aromatic heterocycles. The second-order valence-corrected chi connectivity index (χ2v) is 9.38. The van der Waals surface area contributed by atoms with Gasteiger partial charge in [-0.2, -0.15) is 8.78 Å². The Morgan fingerprint density at radius 1 is 1.41 bits per heavy atom. The topological polar surface area (TPSA) is 61.3 Å². The van der Waals surface area contributed by atoms with E-state index in [1.54, 1.807) is 12.4 Å². The monoisotopic (exact) mass is 416 g/mol. The Hall–Kier alpha value is -2.00. The van der Waals surface area contributed by atoms with Crippen molar-refractivity contribution in [1.29, 1.82) is 0 Å². The van der Waals surface area contributed by atoms with Gasteiger partial charge in [0.2, 0.25) is 0 Å². The van der Waals surface area contributed by atoms with E-state index in [2.05, 4.69) is 22.4 Å². The van der Waals surface area contributed by atoms with Gasteiger partial charge < -0.3 is 8.92 Å². The number of nitrogens with zero attached hydrogens (tertiary/aromatic N) is 2. The van der Waals surface area contributed by atoms with Gasteiger partial charge in [0.25, 0.3) is 0 Å². The van der Waals surface area contributed by atoms with Gasteiger partial charge in [0.05, 0.1) is 18.6 Å². The molecule has 2 aromatic rings. The molecular weight excluding hydrogens is 394 g/mol. The van der Waals surface area contributed by atoms with E-state index in [1.807, 2.05) is 13.8 Å². The molecule has 0 amide bonds. The van der Waals surface area contributed by atoms with Crippen LogP contribution < -0.4 is 4.18 Å². The van der Waals surface area contributed by atoms with E-state index in [4.69, 9.17) is 8.92 Å². The molecule has 2 heterocycles. The molecule has 5 nitrogen and oxygen atoms in total. The van der Waals surface area contributed by atoms with Crippen molar-refractivity contribution in [3.8, 4) is 5.75 Å². The van der Waals surface area contributed by atoms with Crippen LogP contribution >= 0.6 is 11.3 Å². The number of ether oxygens (including phenoxy) is 1. The molecule has 0 radical (unpaired) electrons. The van der Waals surface area contributed by atoms with Gasteiger partial charge in [0, 0.05) is 36.5 Å². The average Bonchev–Trinajstić information content (AvgIpc) is 2.98. The van der Waals surface area contributed by atoms with Crippen LogP contribution in [0.3, 0.4) is 0 Å². The summed E-state index contributed by atoms with van der Waals surface area (Å²) in [5.74, 6) is 3.31. The third-order valence-electron chi connectivity index (χ3n) is 3.63. The highest BCUT2D eigenvalue weighted by Gasteiger charge is 2.35. The number of thiazole rings is 1. The molecule has 0 spiro atoms. The number of alkyl halides is 2. The zero-order chi connectivity index (χ0) is 20.2. The minimum Gasteiger partial charge on any atom is -0.499 e. The van der Waals surface area contributed by atoms with E-state index < -0.39 is 15.1 Å². The summed E-state index contributed by atoms with van der Waals surface area (Å²) >= 11 is 1.51. The van der Waals surface area contributed by atoms with Gasteiger partial charge in [-0.3, -0.25) is 4.98 Å². The Bertz CT molecular complexity index is 905. The predicted molar refractivity (Wildman–Crippen MR) is 105 cm³/mol. The summed E-state index contributed by atoms with van der Waals surface area (Å²) in [7, 11) is -4.11. The van der Waals surface area contributed by atoms with Crippen molar-refractivity contribution >= 4 is 27.0 Å². The quantitative estimate of drug-likeness (QED) is 0.444. The summed E-state index contributed by atoms with van der Waals surface area (Å²) in [6.45, 7) is 8.70. The third-order valence-corrected chi connectivity index (χ3v) is 6.21. The Kier molecular flexibility index (Phi) is 6.59. The molecule has 0 saturated carbocycles. The molecule has 0 aliphatic heterocycles. The van der Waals surface area contributed by atoms with Crippen LogP contribution in [0.4, 0.5) is 8.78 Å². The number of hydrogen-bond donors (Lipinski definition) is 0. The second-order valence-electron chi connectivity index (χ2n) is 6.00. The minimum absolute atomic E-state index is 0.0469. The first-order valence-electron chi connectivity index (χ1n) is 8.15. The van der Waals surface area contributed by atoms with E-state index >= 15 is 0 Å². The van der Waals surface area contributed by atoms with Gasteiger partial charge >= 0.3 is 5.25 Å². The highest BCUT2D eigenvalue weighted by Crippen LogP contribution is 2.35. The van der Waals surface area contributed by atoms with Gasteiger partial charge in [0.15, 0.2) is 15.6 Å². The number of pyridine rings is 1. The molecular formula is C18H22F2N2O3S2. The van der Waals surface area contributed by atoms with Gasteiger partial charge in [-0.15, -0.1) is 11.3 Å². The molecule has 2 atom stereocenters. The number of aromatic nitrogens is 2. The fraction of sp³-hybridized carbons (Fsp3) is 0.389. The van der Waals surface area contributed by atoms with Gasteiger partial charge in [0.1, 0.15) is 5.01 Å². The lowest BCUT2D eigenvalue weighted by atomic mass is 9.97. The summed E-state index contributed by atoms with van der Waals surface area (Å²) in [6, 6.07) is 1.52. The zero-order valence-corrected chi connectivity index (χ0v) is 17.0. The molecule has 0 aromatic carbocycles. The number of halogens is 2. The lowest BCUT2D eigenvalue weighted by Crippen LogP contribution is -2.29. The van der Waals surface area contributed by atoms with Crippen molar-refractivity contribution < 1.29 is 21.9 Å². The lowest BCUT2D eigenvalue weighted by molar-refractivity contribution is 0.112. The molecule has 2 rings (SSSR count). The molecule has 0 N–H and O–H groups in total. The molecule has 148 valence electrons. The summed E-state index contributed by atoms with van der Waals surface area (Å²) in [5.41, 5.74) is 0.664. The molecule has 0 aliphatic rings. The molecule has 0 bridgehead atoms. The molecule has 2 unspecified atom stereocenters. The summed E-state index contributed by atoms with van der Waals surface area (Å²) in [5, 5.41) is -2.78. The fourth-order valence-electron chi connectivity index (χ4n) is 2.27. The molecule has 0 saturated heterocycles. The minimum atomic E-state index is -4.11. The van der Waals surface area contributed by atoms with Crippen LogP contribution in [0.15, 0.2) is 37.0 Å². The van der Waals surface area contributed by atoms with Crippen molar-refractivity contribution in [3.63, 3.8) is 0 Å². The normalized spacial score (nSPS) is 15.0. The number of rotatable bonds is 9. The van der Waals surface area contributed by atoms with Crippen LogP contribution in [-0.2, 0) is 14.5 Å².